The molecule has 1 aromatic rings. The van der Waals surface area contributed by atoms with E-state index in [1.54, 1.807) is 24.3 Å². The average Bonchev–Trinajstić information content (AvgIpc) is 2.67. The maximum atomic E-state index is 9.58. The minimum atomic E-state index is -0.152. The van der Waals surface area contributed by atoms with E-state index in [-0.39, 0.29) is 24.2 Å². The van der Waals surface area contributed by atoms with E-state index < -0.39 is 0 Å². The summed E-state index contributed by atoms with van der Waals surface area (Å²) < 4.78 is 5.53. The molecule has 2 rings (SSSR count). The van der Waals surface area contributed by atoms with Crippen molar-refractivity contribution in [2.75, 3.05) is 6.61 Å². The number of aliphatic hydroxyl groups is 1. The molecule has 17 heavy (non-hydrogen) atoms. The molecule has 0 aliphatic carbocycles. The summed E-state index contributed by atoms with van der Waals surface area (Å²) in [4.78, 5) is 0. The summed E-state index contributed by atoms with van der Waals surface area (Å²) in [6.07, 6.45) is 7.42. The summed E-state index contributed by atoms with van der Waals surface area (Å²) >= 11 is 0. The summed E-state index contributed by atoms with van der Waals surface area (Å²) in [6.45, 7) is 0.00471. The lowest BCUT2D eigenvalue weighted by Crippen LogP contribution is -2.08. The number of allylic oxidation sites excluding steroid dienone is 2. The number of hydrogen-bond acceptors (Lipinski definition) is 4. The van der Waals surface area contributed by atoms with Gasteiger partial charge in [-0.05, 0) is 12.1 Å². The van der Waals surface area contributed by atoms with Crippen LogP contribution in [-0.4, -0.2) is 28.0 Å². The fourth-order valence-corrected chi connectivity index (χ4v) is 1.79. The number of fused-ring (bicyclic) bond motifs is 1. The third kappa shape index (κ3) is 2.60. The minimum absolute atomic E-state index is 0.00471. The number of aromatic hydroxyl groups is 2. The molecule has 0 saturated heterocycles. The Morgan fingerprint density at radius 1 is 1.29 bits per heavy atom. The molecule has 0 amide bonds. The highest BCUT2D eigenvalue weighted by Crippen LogP contribution is 2.40. The van der Waals surface area contributed by atoms with Gasteiger partial charge in [0.15, 0.2) is 11.5 Å². The number of ether oxygens (including phenoxy) is 1. The molecule has 1 aromatic carbocycles. The summed E-state index contributed by atoms with van der Waals surface area (Å²) in [7, 11) is 0. The molecular formula is C13H14O4. The number of hydrogen-bond donors (Lipinski definition) is 3. The lowest BCUT2D eigenvalue weighted by molar-refractivity contribution is 0.271. The largest absolute Gasteiger partial charge is 0.508 e. The molecule has 1 unspecified atom stereocenters. The Morgan fingerprint density at radius 3 is 2.88 bits per heavy atom. The quantitative estimate of drug-likeness (QED) is 0.693. The number of benzene rings is 1. The van der Waals surface area contributed by atoms with E-state index in [2.05, 4.69) is 0 Å². The van der Waals surface area contributed by atoms with Crippen molar-refractivity contribution in [3.05, 3.63) is 42.0 Å². The van der Waals surface area contributed by atoms with Crippen molar-refractivity contribution in [3.63, 3.8) is 0 Å². The van der Waals surface area contributed by atoms with E-state index in [0.29, 0.717) is 12.2 Å². The second-order valence-corrected chi connectivity index (χ2v) is 3.81. The van der Waals surface area contributed by atoms with Crippen molar-refractivity contribution in [2.45, 2.75) is 12.5 Å². The highest BCUT2D eigenvalue weighted by molar-refractivity contribution is 5.53. The fraction of sp³-hybridized carbons (Fsp3) is 0.231. The normalized spacial score (nSPS) is 18.8. The summed E-state index contributed by atoms with van der Waals surface area (Å²) in [5.74, 6) is 0.431. The van der Waals surface area contributed by atoms with Crippen LogP contribution in [0.2, 0.25) is 0 Å². The zero-order chi connectivity index (χ0) is 12.3. The van der Waals surface area contributed by atoms with Crippen molar-refractivity contribution in [2.24, 2.45) is 0 Å². The van der Waals surface area contributed by atoms with Gasteiger partial charge in [0.25, 0.3) is 0 Å². The molecule has 1 aliphatic heterocycles. The lowest BCUT2D eigenvalue weighted by Gasteiger charge is -2.05. The summed E-state index contributed by atoms with van der Waals surface area (Å²) in [6, 6.07) is 2.85. The fourth-order valence-electron chi connectivity index (χ4n) is 1.79. The number of aliphatic hydroxyl groups excluding tert-OH is 1. The molecular weight excluding hydrogens is 220 g/mol. The molecule has 4 heteroatoms. The second-order valence-electron chi connectivity index (χ2n) is 3.81. The Morgan fingerprint density at radius 2 is 2.12 bits per heavy atom. The van der Waals surface area contributed by atoms with Crippen molar-refractivity contribution < 1.29 is 20.1 Å². The second kappa shape index (κ2) is 4.93. The van der Waals surface area contributed by atoms with Crippen molar-refractivity contribution in [1.29, 1.82) is 0 Å². The van der Waals surface area contributed by atoms with Crippen LogP contribution in [-0.2, 0) is 6.42 Å². The lowest BCUT2D eigenvalue weighted by atomic mass is 10.1. The maximum absolute atomic E-state index is 9.58. The molecule has 1 atom stereocenters. The van der Waals surface area contributed by atoms with Gasteiger partial charge in [0.1, 0.15) is 11.9 Å². The molecule has 4 nitrogen and oxygen atoms in total. The molecule has 0 fully saturated rings. The Balaban J connectivity index is 2.09. The molecule has 90 valence electrons. The number of phenols is 2. The third-order valence-corrected chi connectivity index (χ3v) is 2.50. The van der Waals surface area contributed by atoms with E-state index in [1.807, 2.05) is 6.08 Å². The Labute approximate surface area is 99.1 Å². The molecule has 3 N–H and O–H groups in total. The van der Waals surface area contributed by atoms with Gasteiger partial charge in [0.05, 0.1) is 6.61 Å². The smallest absolute Gasteiger partial charge is 0.165 e. The van der Waals surface area contributed by atoms with E-state index in [1.165, 1.54) is 6.07 Å². The van der Waals surface area contributed by atoms with Gasteiger partial charge in [-0.15, -0.1) is 0 Å². The van der Waals surface area contributed by atoms with Crippen molar-refractivity contribution in [1.82, 2.24) is 0 Å². The zero-order valence-corrected chi connectivity index (χ0v) is 9.21. The SMILES string of the molecule is OCC=CC=CC1Cc2cc(O)cc(O)c2O1. The zero-order valence-electron chi connectivity index (χ0n) is 9.21. The van der Waals surface area contributed by atoms with Gasteiger partial charge >= 0.3 is 0 Å². The average molecular weight is 234 g/mol. The molecule has 0 radical (unpaired) electrons. The Hall–Kier alpha value is -1.94. The van der Waals surface area contributed by atoms with Crippen molar-refractivity contribution >= 4 is 0 Å². The first-order chi connectivity index (χ1) is 8.20. The van der Waals surface area contributed by atoms with Crippen LogP contribution in [0.5, 0.6) is 17.2 Å². The van der Waals surface area contributed by atoms with E-state index in [9.17, 15) is 10.2 Å². The van der Waals surface area contributed by atoms with Crippen LogP contribution in [0.4, 0.5) is 0 Å². The molecule has 0 saturated carbocycles. The predicted molar refractivity (Wildman–Crippen MR) is 63.3 cm³/mol. The monoisotopic (exact) mass is 234 g/mol. The first-order valence-corrected chi connectivity index (χ1v) is 5.36. The van der Waals surface area contributed by atoms with Gasteiger partial charge in [0.2, 0.25) is 0 Å². The van der Waals surface area contributed by atoms with Crippen LogP contribution < -0.4 is 4.74 Å². The van der Waals surface area contributed by atoms with E-state index in [0.717, 1.165) is 5.56 Å². The van der Waals surface area contributed by atoms with E-state index in [4.69, 9.17) is 9.84 Å². The van der Waals surface area contributed by atoms with Crippen molar-refractivity contribution in [3.8, 4) is 17.2 Å². The van der Waals surface area contributed by atoms with Crippen LogP contribution in [0, 0.1) is 0 Å². The van der Waals surface area contributed by atoms with Crippen LogP contribution in [0.25, 0.3) is 0 Å². The molecule has 0 bridgehead atoms. The molecule has 0 aromatic heterocycles. The minimum Gasteiger partial charge on any atom is -0.508 e. The van der Waals surface area contributed by atoms with Crippen LogP contribution >= 0.6 is 0 Å². The van der Waals surface area contributed by atoms with Gasteiger partial charge in [-0.1, -0.05) is 18.2 Å². The van der Waals surface area contributed by atoms with Gasteiger partial charge in [-0.3, -0.25) is 0 Å². The molecule has 1 heterocycles. The number of rotatable bonds is 3. The van der Waals surface area contributed by atoms with Gasteiger partial charge in [0, 0.05) is 18.1 Å². The summed E-state index contributed by atoms with van der Waals surface area (Å²) in [5.41, 5.74) is 0.795. The maximum Gasteiger partial charge on any atom is 0.165 e. The summed E-state index contributed by atoms with van der Waals surface area (Å²) in [5, 5.41) is 27.5. The highest BCUT2D eigenvalue weighted by Gasteiger charge is 2.24. The van der Waals surface area contributed by atoms with Gasteiger partial charge < -0.3 is 20.1 Å². The first-order valence-electron chi connectivity index (χ1n) is 5.36. The number of phenolic OH excluding ortho intramolecular Hbond substituents is 2. The first kappa shape index (κ1) is 11.5. The van der Waals surface area contributed by atoms with Crippen LogP contribution in [0.1, 0.15) is 5.56 Å². The molecule has 0 spiro atoms. The Bertz CT molecular complexity index is 463. The standard InChI is InChI=1S/C13H14O4/c14-5-3-1-2-4-11-7-9-6-10(15)8-12(16)13(9)17-11/h1-4,6,8,11,14-16H,5,7H2. The van der Waals surface area contributed by atoms with Crippen LogP contribution in [0.3, 0.4) is 0 Å². The highest BCUT2D eigenvalue weighted by atomic mass is 16.5. The predicted octanol–water partition coefficient (Wildman–Crippen LogP) is 1.51. The van der Waals surface area contributed by atoms with Crippen LogP contribution in [0.15, 0.2) is 36.4 Å². The van der Waals surface area contributed by atoms with Gasteiger partial charge in [-0.2, -0.15) is 0 Å². The van der Waals surface area contributed by atoms with E-state index >= 15 is 0 Å². The molecule has 1 aliphatic rings. The topological polar surface area (TPSA) is 69.9 Å². The third-order valence-electron chi connectivity index (χ3n) is 2.50. The van der Waals surface area contributed by atoms with Gasteiger partial charge in [-0.25, -0.2) is 0 Å². The Kier molecular flexibility index (Phi) is 3.35.